The number of aromatic nitrogens is 2. The molecule has 0 unspecified atom stereocenters. The highest BCUT2D eigenvalue weighted by molar-refractivity contribution is 8.00. The van der Waals surface area contributed by atoms with Gasteiger partial charge in [0.05, 0.1) is 0 Å². The van der Waals surface area contributed by atoms with Gasteiger partial charge in [0.15, 0.2) is 4.34 Å². The first-order valence-electron chi connectivity index (χ1n) is 6.18. The van der Waals surface area contributed by atoms with Crippen LogP contribution in [0.25, 0.3) is 10.6 Å². The van der Waals surface area contributed by atoms with Crippen molar-refractivity contribution in [1.82, 2.24) is 10.2 Å². The fourth-order valence-corrected chi connectivity index (χ4v) is 3.97. The molecule has 2 nitrogen and oxygen atoms in total. The van der Waals surface area contributed by atoms with E-state index in [1.165, 1.54) is 29.2 Å². The Kier molecular flexibility index (Phi) is 4.53. The minimum absolute atomic E-state index is 0.289. The second-order valence-corrected chi connectivity index (χ2v) is 6.84. The molecule has 0 fully saturated rings. The van der Waals surface area contributed by atoms with Crippen LogP contribution in [0.1, 0.15) is 5.56 Å². The molecule has 21 heavy (non-hydrogen) atoms. The zero-order valence-electron chi connectivity index (χ0n) is 10.8. The van der Waals surface area contributed by atoms with Gasteiger partial charge < -0.3 is 0 Å². The zero-order valence-corrected chi connectivity index (χ0v) is 13.2. The quantitative estimate of drug-likeness (QED) is 0.605. The molecule has 1 aromatic heterocycles. The summed E-state index contributed by atoms with van der Waals surface area (Å²) in [5.41, 5.74) is 1.53. The minimum atomic E-state index is -0.289. The Hall–Kier alpha value is -1.43. The Morgan fingerprint density at radius 1 is 1.05 bits per heavy atom. The van der Waals surface area contributed by atoms with E-state index >= 15 is 0 Å². The fraction of sp³-hybridized carbons (Fsp3) is 0.0667. The molecule has 0 bridgehead atoms. The van der Waals surface area contributed by atoms with Crippen LogP contribution in [0.3, 0.4) is 0 Å². The molecule has 0 N–H and O–H groups in total. The summed E-state index contributed by atoms with van der Waals surface area (Å²) in [4.78, 5) is 0. The highest BCUT2D eigenvalue weighted by Crippen LogP contribution is 2.33. The Balaban J connectivity index is 1.74. The molecule has 0 aliphatic rings. The molecule has 0 aliphatic carbocycles. The number of hydrogen-bond acceptors (Lipinski definition) is 4. The van der Waals surface area contributed by atoms with E-state index in [0.717, 1.165) is 14.9 Å². The van der Waals surface area contributed by atoms with Gasteiger partial charge in [-0.2, -0.15) is 0 Å². The van der Waals surface area contributed by atoms with Crippen molar-refractivity contribution in [2.45, 2.75) is 10.1 Å². The number of halogens is 2. The van der Waals surface area contributed by atoms with Crippen molar-refractivity contribution in [1.29, 1.82) is 0 Å². The van der Waals surface area contributed by atoms with Crippen molar-refractivity contribution in [2.24, 2.45) is 0 Å². The smallest absolute Gasteiger partial charge is 0.174 e. The highest BCUT2D eigenvalue weighted by atomic mass is 35.5. The third-order valence-electron chi connectivity index (χ3n) is 2.83. The summed E-state index contributed by atoms with van der Waals surface area (Å²) >= 11 is 8.94. The second-order valence-electron chi connectivity index (χ2n) is 4.23. The summed E-state index contributed by atoms with van der Waals surface area (Å²) in [6, 6.07) is 14.6. The number of benzene rings is 2. The number of rotatable bonds is 4. The van der Waals surface area contributed by atoms with Gasteiger partial charge in [-0.25, -0.2) is 4.39 Å². The van der Waals surface area contributed by atoms with E-state index in [1.807, 2.05) is 30.3 Å². The van der Waals surface area contributed by atoms with Gasteiger partial charge in [0.2, 0.25) is 0 Å². The lowest BCUT2D eigenvalue weighted by atomic mass is 10.2. The lowest BCUT2D eigenvalue weighted by Gasteiger charge is -2.03. The van der Waals surface area contributed by atoms with Gasteiger partial charge in [-0.3, -0.25) is 0 Å². The number of hydrogen-bond donors (Lipinski definition) is 0. The summed E-state index contributed by atoms with van der Waals surface area (Å²) in [6.45, 7) is 0. The summed E-state index contributed by atoms with van der Waals surface area (Å²) in [6.07, 6.45) is 0. The highest BCUT2D eigenvalue weighted by Gasteiger charge is 2.11. The third kappa shape index (κ3) is 3.43. The van der Waals surface area contributed by atoms with Crippen LogP contribution in [0.4, 0.5) is 4.39 Å². The van der Waals surface area contributed by atoms with Crippen LogP contribution in [0.2, 0.25) is 5.02 Å². The maximum Gasteiger partial charge on any atom is 0.174 e. The lowest BCUT2D eigenvalue weighted by molar-refractivity contribution is 0.617. The van der Waals surface area contributed by atoms with Crippen molar-refractivity contribution in [2.75, 3.05) is 0 Å². The Labute approximate surface area is 135 Å². The van der Waals surface area contributed by atoms with Crippen molar-refractivity contribution >= 4 is 34.7 Å². The van der Waals surface area contributed by atoms with E-state index in [0.29, 0.717) is 16.3 Å². The first kappa shape index (κ1) is 14.5. The molecule has 3 rings (SSSR count). The molecule has 106 valence electrons. The largest absolute Gasteiger partial charge is 0.207 e. The van der Waals surface area contributed by atoms with E-state index in [9.17, 15) is 4.39 Å². The van der Waals surface area contributed by atoms with Gasteiger partial charge in [-0.1, -0.05) is 71.1 Å². The monoisotopic (exact) mass is 336 g/mol. The van der Waals surface area contributed by atoms with E-state index in [1.54, 1.807) is 12.1 Å². The molecule has 0 spiro atoms. The minimum Gasteiger partial charge on any atom is -0.207 e. The number of nitrogens with zero attached hydrogens (tertiary/aromatic N) is 2. The molecule has 0 amide bonds. The van der Waals surface area contributed by atoms with Gasteiger partial charge in [-0.05, 0) is 12.1 Å². The molecule has 0 saturated heterocycles. The maximum absolute atomic E-state index is 13.7. The lowest BCUT2D eigenvalue weighted by Crippen LogP contribution is -1.88. The average Bonchev–Trinajstić information content (AvgIpc) is 2.97. The summed E-state index contributed by atoms with van der Waals surface area (Å²) in [5, 5.41) is 9.60. The van der Waals surface area contributed by atoms with E-state index in [4.69, 9.17) is 11.6 Å². The predicted molar refractivity (Wildman–Crippen MR) is 86.3 cm³/mol. The van der Waals surface area contributed by atoms with Gasteiger partial charge in [0.1, 0.15) is 10.8 Å². The van der Waals surface area contributed by atoms with Crippen molar-refractivity contribution in [3.63, 3.8) is 0 Å². The van der Waals surface area contributed by atoms with Crippen LogP contribution in [0.5, 0.6) is 0 Å². The molecule has 2 aromatic carbocycles. The van der Waals surface area contributed by atoms with Gasteiger partial charge in [-0.15, -0.1) is 10.2 Å². The Morgan fingerprint density at radius 3 is 2.62 bits per heavy atom. The third-order valence-corrected chi connectivity index (χ3v) is 5.32. The predicted octanol–water partition coefficient (Wildman–Crippen LogP) is 5.29. The Morgan fingerprint density at radius 2 is 1.86 bits per heavy atom. The van der Waals surface area contributed by atoms with Crippen LogP contribution in [0.15, 0.2) is 52.9 Å². The Bertz CT molecular complexity index is 726. The molecule has 1 heterocycles. The number of thioether (sulfide) groups is 1. The summed E-state index contributed by atoms with van der Waals surface area (Å²) in [7, 11) is 0. The molecule has 0 saturated carbocycles. The van der Waals surface area contributed by atoms with Crippen LogP contribution in [0, 0.1) is 5.82 Å². The zero-order chi connectivity index (χ0) is 14.7. The summed E-state index contributed by atoms with van der Waals surface area (Å²) in [5.74, 6) is 0.150. The first-order valence-corrected chi connectivity index (χ1v) is 8.36. The standard InChI is InChI=1S/C15H10ClFN2S2/c16-12-7-4-8-13(17)11(12)9-20-15-19-18-14(21-15)10-5-2-1-3-6-10/h1-8H,9H2. The maximum atomic E-state index is 13.7. The molecule has 6 heteroatoms. The van der Waals surface area contributed by atoms with Crippen molar-refractivity contribution < 1.29 is 4.39 Å². The molecule has 3 aromatic rings. The van der Waals surface area contributed by atoms with Crippen LogP contribution in [-0.4, -0.2) is 10.2 Å². The summed E-state index contributed by atoms with van der Waals surface area (Å²) < 4.78 is 14.5. The van der Waals surface area contributed by atoms with Crippen molar-refractivity contribution in [3.8, 4) is 10.6 Å². The fourth-order valence-electron chi connectivity index (χ4n) is 1.77. The van der Waals surface area contributed by atoms with E-state index in [-0.39, 0.29) is 5.82 Å². The van der Waals surface area contributed by atoms with E-state index in [2.05, 4.69) is 10.2 Å². The second kappa shape index (κ2) is 6.56. The SMILES string of the molecule is Fc1cccc(Cl)c1CSc1nnc(-c2ccccc2)s1. The van der Waals surface area contributed by atoms with Crippen LogP contribution < -0.4 is 0 Å². The molecule has 0 atom stereocenters. The van der Waals surface area contributed by atoms with Gasteiger partial charge >= 0.3 is 0 Å². The normalized spacial score (nSPS) is 10.8. The van der Waals surface area contributed by atoms with Crippen LogP contribution >= 0.6 is 34.7 Å². The molecular formula is C15H10ClFN2S2. The van der Waals surface area contributed by atoms with E-state index < -0.39 is 0 Å². The molecule has 0 radical (unpaired) electrons. The first-order chi connectivity index (χ1) is 10.2. The molecular weight excluding hydrogens is 327 g/mol. The van der Waals surface area contributed by atoms with Crippen LogP contribution in [-0.2, 0) is 5.75 Å². The van der Waals surface area contributed by atoms with Gasteiger partial charge in [0.25, 0.3) is 0 Å². The average molecular weight is 337 g/mol. The molecule has 0 aliphatic heterocycles. The van der Waals surface area contributed by atoms with Gasteiger partial charge in [0, 0.05) is 21.9 Å². The topological polar surface area (TPSA) is 25.8 Å². The van der Waals surface area contributed by atoms with Crippen molar-refractivity contribution in [3.05, 3.63) is 64.9 Å².